The first-order valence-corrected chi connectivity index (χ1v) is 9.69. The van der Waals surface area contributed by atoms with Crippen molar-refractivity contribution in [3.05, 3.63) is 75.5 Å². The van der Waals surface area contributed by atoms with Crippen molar-refractivity contribution in [2.24, 2.45) is 0 Å². The average molecular weight is 400 g/mol. The zero-order valence-electron chi connectivity index (χ0n) is 15.9. The molecule has 2 aromatic heterocycles. The molecule has 0 aliphatic carbocycles. The highest BCUT2D eigenvalue weighted by atomic mass is 32.1. The number of hydrogen-bond acceptors (Lipinski definition) is 4. The molecule has 0 saturated carbocycles. The van der Waals surface area contributed by atoms with Crippen LogP contribution in [0, 0.1) is 19.7 Å². The van der Waals surface area contributed by atoms with E-state index in [0.29, 0.717) is 11.3 Å². The highest BCUT2D eigenvalue weighted by molar-refractivity contribution is 7.10. The Kier molecular flexibility index (Phi) is 5.94. The Bertz CT molecular complexity index is 978. The molecule has 0 bridgehead atoms. The first kappa shape index (κ1) is 19.8. The van der Waals surface area contributed by atoms with E-state index < -0.39 is 5.97 Å². The van der Waals surface area contributed by atoms with Crippen LogP contribution in [-0.4, -0.2) is 23.1 Å². The van der Waals surface area contributed by atoms with Crippen LogP contribution in [0.15, 0.2) is 47.8 Å². The van der Waals surface area contributed by atoms with E-state index in [1.165, 1.54) is 12.1 Å². The van der Waals surface area contributed by atoms with E-state index in [9.17, 15) is 14.0 Å². The van der Waals surface area contributed by atoms with Gasteiger partial charge in [-0.15, -0.1) is 11.3 Å². The van der Waals surface area contributed by atoms with Crippen LogP contribution in [0.2, 0.25) is 0 Å². The van der Waals surface area contributed by atoms with Gasteiger partial charge < -0.3 is 14.6 Å². The highest BCUT2D eigenvalue weighted by Gasteiger charge is 2.19. The summed E-state index contributed by atoms with van der Waals surface area (Å²) in [5, 5.41) is 4.74. The van der Waals surface area contributed by atoms with E-state index in [4.69, 9.17) is 4.74 Å². The summed E-state index contributed by atoms with van der Waals surface area (Å²) < 4.78 is 20.2. The number of thiophene rings is 1. The molecule has 0 spiro atoms. The molecule has 0 radical (unpaired) electrons. The zero-order valence-corrected chi connectivity index (χ0v) is 16.7. The number of nitrogens with one attached hydrogen (secondary N) is 1. The van der Waals surface area contributed by atoms with Gasteiger partial charge in [0.15, 0.2) is 6.61 Å². The van der Waals surface area contributed by atoms with Crippen LogP contribution in [-0.2, 0) is 9.53 Å². The van der Waals surface area contributed by atoms with Gasteiger partial charge in [-0.3, -0.25) is 4.79 Å². The van der Waals surface area contributed by atoms with Gasteiger partial charge in [0.25, 0.3) is 5.91 Å². The van der Waals surface area contributed by atoms with Gasteiger partial charge in [-0.2, -0.15) is 0 Å². The molecule has 0 fully saturated rings. The molecule has 1 atom stereocenters. The number of esters is 1. The van der Waals surface area contributed by atoms with Crippen molar-refractivity contribution in [2.75, 3.05) is 6.61 Å². The van der Waals surface area contributed by atoms with Gasteiger partial charge in [-0.05, 0) is 62.5 Å². The summed E-state index contributed by atoms with van der Waals surface area (Å²) in [5.74, 6) is -1.25. The minimum absolute atomic E-state index is 0.144. The van der Waals surface area contributed by atoms with Crippen molar-refractivity contribution in [3.8, 4) is 5.69 Å². The van der Waals surface area contributed by atoms with Crippen LogP contribution in [0.5, 0.6) is 0 Å². The van der Waals surface area contributed by atoms with Crippen molar-refractivity contribution < 1.29 is 18.7 Å². The number of carbonyl (C=O) groups excluding carboxylic acids is 2. The maximum absolute atomic E-state index is 13.2. The second-order valence-electron chi connectivity index (χ2n) is 6.48. The standard InChI is InChI=1S/C21H21FN2O3S/c1-13-11-18(15(3)24(13)17-8-6-16(22)7-9-17)21(26)27-12-20(25)23-14(2)19-5-4-10-28-19/h4-11,14H,12H2,1-3H3,(H,23,25)/t14-/m1/s1. The van der Waals surface area contributed by atoms with Crippen molar-refractivity contribution >= 4 is 23.2 Å². The number of nitrogens with zero attached hydrogens (tertiary/aromatic N) is 1. The van der Waals surface area contributed by atoms with E-state index in [2.05, 4.69) is 5.32 Å². The van der Waals surface area contributed by atoms with Crippen LogP contribution in [0.1, 0.15) is 39.6 Å². The van der Waals surface area contributed by atoms with Crippen LogP contribution in [0.25, 0.3) is 5.69 Å². The number of amides is 1. The summed E-state index contributed by atoms with van der Waals surface area (Å²) in [6.45, 7) is 5.16. The number of aromatic nitrogens is 1. The lowest BCUT2D eigenvalue weighted by atomic mass is 10.2. The normalized spacial score (nSPS) is 11.9. The second kappa shape index (κ2) is 8.39. The number of aryl methyl sites for hydroxylation is 1. The lowest BCUT2D eigenvalue weighted by molar-refractivity contribution is -0.124. The molecule has 0 saturated heterocycles. The number of halogens is 1. The molecule has 1 amide bonds. The van der Waals surface area contributed by atoms with E-state index in [1.54, 1.807) is 36.5 Å². The van der Waals surface area contributed by atoms with Gasteiger partial charge in [0.05, 0.1) is 11.6 Å². The Hall–Kier alpha value is -2.93. The Morgan fingerprint density at radius 2 is 1.93 bits per heavy atom. The Morgan fingerprint density at radius 3 is 2.57 bits per heavy atom. The molecule has 0 unspecified atom stereocenters. The smallest absolute Gasteiger partial charge is 0.340 e. The van der Waals surface area contributed by atoms with Crippen LogP contribution in [0.3, 0.4) is 0 Å². The van der Waals surface area contributed by atoms with Crippen LogP contribution >= 0.6 is 11.3 Å². The average Bonchev–Trinajstić information content (AvgIpc) is 3.29. The number of benzene rings is 1. The highest BCUT2D eigenvalue weighted by Crippen LogP contribution is 2.22. The molecular formula is C21H21FN2O3S. The van der Waals surface area contributed by atoms with Gasteiger partial charge in [-0.1, -0.05) is 6.07 Å². The van der Waals surface area contributed by atoms with E-state index in [1.807, 2.05) is 35.9 Å². The summed E-state index contributed by atoms with van der Waals surface area (Å²) in [6.07, 6.45) is 0. The van der Waals surface area contributed by atoms with Crippen molar-refractivity contribution in [3.63, 3.8) is 0 Å². The van der Waals surface area contributed by atoms with Crippen molar-refractivity contribution in [1.29, 1.82) is 0 Å². The lowest BCUT2D eigenvalue weighted by Gasteiger charge is -2.12. The lowest BCUT2D eigenvalue weighted by Crippen LogP contribution is -2.30. The molecule has 1 N–H and O–H groups in total. The predicted octanol–water partition coefficient (Wildman–Crippen LogP) is 4.33. The summed E-state index contributed by atoms with van der Waals surface area (Å²) in [7, 11) is 0. The third-order valence-electron chi connectivity index (χ3n) is 4.42. The van der Waals surface area contributed by atoms with Crippen molar-refractivity contribution in [2.45, 2.75) is 26.8 Å². The summed E-state index contributed by atoms with van der Waals surface area (Å²) in [4.78, 5) is 25.6. The molecule has 5 nitrogen and oxygen atoms in total. The molecule has 2 heterocycles. The number of rotatable bonds is 6. The Morgan fingerprint density at radius 1 is 1.21 bits per heavy atom. The minimum atomic E-state index is -0.569. The minimum Gasteiger partial charge on any atom is -0.452 e. The maximum atomic E-state index is 13.2. The summed E-state index contributed by atoms with van der Waals surface area (Å²) in [5.41, 5.74) is 2.60. The van der Waals surface area contributed by atoms with E-state index in [0.717, 1.165) is 16.3 Å². The molecule has 146 valence electrons. The molecule has 0 aliphatic rings. The molecule has 1 aromatic carbocycles. The predicted molar refractivity (Wildman–Crippen MR) is 106 cm³/mol. The molecule has 3 aromatic rings. The monoisotopic (exact) mass is 400 g/mol. The van der Waals surface area contributed by atoms with Crippen LogP contribution in [0.4, 0.5) is 4.39 Å². The van der Waals surface area contributed by atoms with Crippen LogP contribution < -0.4 is 5.32 Å². The number of ether oxygens (including phenoxy) is 1. The summed E-state index contributed by atoms with van der Waals surface area (Å²) in [6, 6.07) is 11.4. The fourth-order valence-corrected chi connectivity index (χ4v) is 3.79. The molecule has 7 heteroatoms. The number of carbonyl (C=O) groups is 2. The third-order valence-corrected chi connectivity index (χ3v) is 5.47. The topological polar surface area (TPSA) is 60.3 Å². The zero-order chi connectivity index (χ0) is 20.3. The first-order chi connectivity index (χ1) is 13.4. The fraction of sp³-hybridized carbons (Fsp3) is 0.238. The fourth-order valence-electron chi connectivity index (χ4n) is 3.06. The molecule has 3 rings (SSSR count). The quantitative estimate of drug-likeness (QED) is 0.627. The summed E-state index contributed by atoms with van der Waals surface area (Å²) >= 11 is 1.55. The van der Waals surface area contributed by atoms with Gasteiger partial charge in [0.1, 0.15) is 5.82 Å². The van der Waals surface area contributed by atoms with Gasteiger partial charge in [-0.25, -0.2) is 9.18 Å². The third kappa shape index (κ3) is 4.31. The van der Waals surface area contributed by atoms with Gasteiger partial charge in [0.2, 0.25) is 0 Å². The Balaban J connectivity index is 1.65. The van der Waals surface area contributed by atoms with Gasteiger partial charge >= 0.3 is 5.97 Å². The largest absolute Gasteiger partial charge is 0.452 e. The van der Waals surface area contributed by atoms with E-state index >= 15 is 0 Å². The van der Waals surface area contributed by atoms with Crippen molar-refractivity contribution in [1.82, 2.24) is 9.88 Å². The Labute approximate surface area is 166 Å². The van der Waals surface area contributed by atoms with Gasteiger partial charge in [0, 0.05) is 22.0 Å². The number of hydrogen-bond donors (Lipinski definition) is 1. The maximum Gasteiger partial charge on any atom is 0.340 e. The second-order valence-corrected chi connectivity index (χ2v) is 7.46. The first-order valence-electron chi connectivity index (χ1n) is 8.81. The molecule has 28 heavy (non-hydrogen) atoms. The molecule has 0 aliphatic heterocycles. The molecular weight excluding hydrogens is 379 g/mol. The van der Waals surface area contributed by atoms with E-state index in [-0.39, 0.29) is 24.4 Å². The SMILES string of the molecule is Cc1cc(C(=O)OCC(=O)N[C@H](C)c2cccs2)c(C)n1-c1ccc(F)cc1.